The molecule has 3 aromatic carbocycles. The minimum Gasteiger partial charge on any atom is -0.504 e. The van der Waals surface area contributed by atoms with Crippen molar-refractivity contribution in [1.29, 1.82) is 0 Å². The van der Waals surface area contributed by atoms with E-state index in [9.17, 15) is 9.90 Å². The average Bonchev–Trinajstić information content (AvgIpc) is 2.87. The van der Waals surface area contributed by atoms with Gasteiger partial charge >= 0.3 is 0 Å². The van der Waals surface area contributed by atoms with E-state index in [4.69, 9.17) is 32.7 Å². The summed E-state index contributed by atoms with van der Waals surface area (Å²) in [6.07, 6.45) is 2.92. The van der Waals surface area contributed by atoms with Gasteiger partial charge in [0, 0.05) is 18.2 Å². The molecule has 0 bridgehead atoms. The van der Waals surface area contributed by atoms with Crippen LogP contribution in [0.25, 0.3) is 0 Å². The van der Waals surface area contributed by atoms with Crippen molar-refractivity contribution < 1.29 is 19.4 Å². The van der Waals surface area contributed by atoms with Crippen molar-refractivity contribution in [3.05, 3.63) is 87.4 Å². The first-order valence-electron chi connectivity index (χ1n) is 11.8. The van der Waals surface area contributed by atoms with Gasteiger partial charge in [-0.2, -0.15) is 0 Å². The second-order valence-corrected chi connectivity index (χ2v) is 9.46. The van der Waals surface area contributed by atoms with Gasteiger partial charge in [0.2, 0.25) is 0 Å². The van der Waals surface area contributed by atoms with Gasteiger partial charge in [-0.1, -0.05) is 72.6 Å². The molecule has 35 heavy (non-hydrogen) atoms. The number of halogens is 2. The molecule has 1 amide bonds. The maximum atomic E-state index is 13.1. The van der Waals surface area contributed by atoms with Gasteiger partial charge < -0.3 is 19.5 Å². The number of carbonyl (C=O) groups is 1. The molecule has 0 heterocycles. The molecule has 4 rings (SSSR count). The Bertz CT molecular complexity index is 1150. The van der Waals surface area contributed by atoms with Crippen LogP contribution < -0.4 is 9.47 Å². The van der Waals surface area contributed by atoms with E-state index in [0.29, 0.717) is 47.5 Å². The van der Waals surface area contributed by atoms with Gasteiger partial charge in [0.15, 0.2) is 23.9 Å². The number of rotatable bonds is 9. The minimum absolute atomic E-state index is 0.0238. The number of benzene rings is 3. The van der Waals surface area contributed by atoms with Gasteiger partial charge in [-0.3, -0.25) is 4.79 Å². The normalized spacial score (nSPS) is 14.8. The Balaban J connectivity index is 1.43. The smallest absolute Gasteiger partial charge is 0.260 e. The zero-order valence-electron chi connectivity index (χ0n) is 19.7. The molecule has 3 aromatic rings. The van der Waals surface area contributed by atoms with Crippen molar-refractivity contribution in [3.63, 3.8) is 0 Å². The van der Waals surface area contributed by atoms with Crippen molar-refractivity contribution >= 4 is 29.1 Å². The Morgan fingerprint density at radius 1 is 1.03 bits per heavy atom. The van der Waals surface area contributed by atoms with Crippen LogP contribution in [0.4, 0.5) is 0 Å². The minimum atomic E-state index is -0.135. The number of aromatic hydroxyl groups is 1. The molecule has 0 saturated carbocycles. The monoisotopic (exact) mass is 513 g/mol. The molecule has 0 spiro atoms. The van der Waals surface area contributed by atoms with Crippen LogP contribution in [0.3, 0.4) is 0 Å². The Morgan fingerprint density at radius 2 is 1.77 bits per heavy atom. The molecule has 1 N–H and O–H groups in total. The molecule has 0 fully saturated rings. The van der Waals surface area contributed by atoms with Crippen molar-refractivity contribution in [2.45, 2.75) is 45.3 Å². The van der Waals surface area contributed by atoms with Crippen LogP contribution in [-0.2, 0) is 24.2 Å². The Morgan fingerprint density at radius 3 is 2.49 bits per heavy atom. The number of phenols is 1. The molecule has 7 heteroatoms. The number of ether oxygens (including phenoxy) is 2. The van der Waals surface area contributed by atoms with Gasteiger partial charge in [-0.15, -0.1) is 0 Å². The maximum absolute atomic E-state index is 13.1. The lowest BCUT2D eigenvalue weighted by Crippen LogP contribution is -2.46. The van der Waals surface area contributed by atoms with Crippen molar-refractivity contribution in [2.75, 3.05) is 13.2 Å². The van der Waals surface area contributed by atoms with Crippen LogP contribution in [0.1, 0.15) is 36.5 Å². The topological polar surface area (TPSA) is 59.0 Å². The SMILES string of the molecule is CCCN(C(=O)COc1c(Cl)cccc1Cl)C1CCc2c(ccc(OCc3ccccc3)c2O)C1. The van der Waals surface area contributed by atoms with Gasteiger partial charge in [0.05, 0.1) is 10.0 Å². The first-order chi connectivity index (χ1) is 17.0. The number of fused-ring (bicyclic) bond motifs is 1. The fraction of sp³-hybridized carbons (Fsp3) is 0.321. The van der Waals surface area contributed by atoms with E-state index in [2.05, 4.69) is 0 Å². The largest absolute Gasteiger partial charge is 0.504 e. The van der Waals surface area contributed by atoms with E-state index in [-0.39, 0.29) is 24.3 Å². The molecule has 1 aliphatic rings. The van der Waals surface area contributed by atoms with Crippen LogP contribution in [-0.4, -0.2) is 35.1 Å². The summed E-state index contributed by atoms with van der Waals surface area (Å²) in [5.41, 5.74) is 2.98. The van der Waals surface area contributed by atoms with Gasteiger partial charge in [0.1, 0.15) is 6.61 Å². The molecule has 184 valence electrons. The third-order valence-corrected chi connectivity index (χ3v) is 6.84. The summed E-state index contributed by atoms with van der Waals surface area (Å²) in [6, 6.07) is 18.8. The lowest BCUT2D eigenvalue weighted by atomic mass is 9.86. The fourth-order valence-electron chi connectivity index (χ4n) is 4.50. The van der Waals surface area contributed by atoms with Crippen molar-refractivity contribution in [2.24, 2.45) is 0 Å². The average molecular weight is 514 g/mol. The van der Waals surface area contributed by atoms with E-state index in [1.54, 1.807) is 18.2 Å². The highest BCUT2D eigenvalue weighted by Gasteiger charge is 2.30. The number of phenolic OH excluding ortho intramolecular Hbond substituents is 1. The molecule has 0 aliphatic heterocycles. The molecule has 1 atom stereocenters. The predicted octanol–water partition coefficient (Wildman–Crippen LogP) is 6.45. The van der Waals surface area contributed by atoms with Crippen molar-refractivity contribution in [3.8, 4) is 17.2 Å². The summed E-state index contributed by atoms with van der Waals surface area (Å²) in [7, 11) is 0. The van der Waals surface area contributed by atoms with Gasteiger partial charge in [-0.05, 0) is 55.0 Å². The molecule has 0 aromatic heterocycles. The molecular weight excluding hydrogens is 485 g/mol. The second kappa shape index (κ2) is 11.7. The molecule has 1 aliphatic carbocycles. The molecule has 0 radical (unpaired) electrons. The van der Waals surface area contributed by atoms with E-state index in [1.165, 1.54) is 0 Å². The maximum Gasteiger partial charge on any atom is 0.260 e. The van der Waals surface area contributed by atoms with Crippen molar-refractivity contribution in [1.82, 2.24) is 4.90 Å². The Labute approximate surface area is 216 Å². The molecule has 5 nitrogen and oxygen atoms in total. The van der Waals surface area contributed by atoms with Crippen LogP contribution >= 0.6 is 23.2 Å². The summed E-state index contributed by atoms with van der Waals surface area (Å²) >= 11 is 12.4. The highest BCUT2D eigenvalue weighted by molar-refractivity contribution is 6.37. The third-order valence-electron chi connectivity index (χ3n) is 6.25. The van der Waals surface area contributed by atoms with Crippen LogP contribution in [0.5, 0.6) is 17.2 Å². The zero-order chi connectivity index (χ0) is 24.8. The fourth-order valence-corrected chi connectivity index (χ4v) is 5.01. The number of para-hydroxylation sites is 1. The number of hydrogen-bond acceptors (Lipinski definition) is 4. The third kappa shape index (κ3) is 6.03. The highest BCUT2D eigenvalue weighted by Crippen LogP contribution is 2.38. The van der Waals surface area contributed by atoms with Gasteiger partial charge in [0.25, 0.3) is 5.91 Å². The lowest BCUT2D eigenvalue weighted by Gasteiger charge is -2.35. The summed E-state index contributed by atoms with van der Waals surface area (Å²) < 4.78 is 11.6. The van der Waals surface area contributed by atoms with Crippen LogP contribution in [0.15, 0.2) is 60.7 Å². The first kappa shape index (κ1) is 25.2. The summed E-state index contributed by atoms with van der Waals surface area (Å²) in [5, 5.41) is 11.6. The molecular formula is C28H29Cl2NO4. The van der Waals surface area contributed by atoms with E-state index in [1.807, 2.05) is 54.3 Å². The van der Waals surface area contributed by atoms with Gasteiger partial charge in [-0.25, -0.2) is 0 Å². The Hall–Kier alpha value is -2.89. The first-order valence-corrected chi connectivity index (χ1v) is 12.6. The lowest BCUT2D eigenvalue weighted by molar-refractivity contribution is -0.136. The zero-order valence-corrected chi connectivity index (χ0v) is 21.2. The number of amides is 1. The van der Waals surface area contributed by atoms with Crippen LogP contribution in [0, 0.1) is 0 Å². The standard InChI is InChI=1S/C28H29Cl2NO4/c1-2-15-31(26(32)18-35-28-23(29)9-6-10-24(28)30)21-12-13-22-20(16-21)11-14-25(27(22)33)34-17-19-7-4-3-5-8-19/h3-11,14,21,33H,2,12-13,15-18H2,1H3. The summed E-state index contributed by atoms with van der Waals surface area (Å²) in [4.78, 5) is 15.0. The number of carbonyl (C=O) groups excluding carboxylic acids is 1. The van der Waals surface area contributed by atoms with Crippen LogP contribution in [0.2, 0.25) is 10.0 Å². The van der Waals surface area contributed by atoms with E-state index >= 15 is 0 Å². The molecule has 0 saturated heterocycles. The quantitative estimate of drug-likeness (QED) is 0.357. The molecule has 1 unspecified atom stereocenters. The van der Waals surface area contributed by atoms with E-state index in [0.717, 1.165) is 29.5 Å². The second-order valence-electron chi connectivity index (χ2n) is 8.65. The predicted molar refractivity (Wildman–Crippen MR) is 139 cm³/mol. The number of nitrogens with zero attached hydrogens (tertiary/aromatic N) is 1. The summed E-state index contributed by atoms with van der Waals surface area (Å²) in [6.45, 7) is 2.93. The highest BCUT2D eigenvalue weighted by atomic mass is 35.5. The number of hydrogen-bond donors (Lipinski definition) is 1. The van der Waals surface area contributed by atoms with E-state index < -0.39 is 0 Å². The Kier molecular flexibility index (Phi) is 8.42. The summed E-state index contributed by atoms with van der Waals surface area (Å²) in [5.74, 6) is 0.894.